The number of rotatable bonds is 5. The predicted molar refractivity (Wildman–Crippen MR) is 107 cm³/mol. The van der Waals surface area contributed by atoms with Crippen molar-refractivity contribution in [3.05, 3.63) is 47.7 Å². The Bertz CT molecular complexity index is 836. The van der Waals surface area contributed by atoms with Crippen LogP contribution in [0.2, 0.25) is 0 Å². The zero-order valence-electron chi connectivity index (χ0n) is 15.0. The molecule has 1 fully saturated rings. The van der Waals surface area contributed by atoms with E-state index in [4.69, 9.17) is 0 Å². The molecule has 0 saturated carbocycles. The average Bonchev–Trinajstić information content (AvgIpc) is 3.29. The van der Waals surface area contributed by atoms with Crippen LogP contribution in [0, 0.1) is 5.92 Å². The van der Waals surface area contributed by atoms with Crippen molar-refractivity contribution in [2.24, 2.45) is 5.92 Å². The number of pyridine rings is 1. The van der Waals surface area contributed by atoms with Gasteiger partial charge in [-0.2, -0.15) is 0 Å². The number of H-pyrrole nitrogens is 1. The maximum absolute atomic E-state index is 12.6. The van der Waals surface area contributed by atoms with E-state index < -0.39 is 0 Å². The molecule has 4 heterocycles. The number of carbonyl (C=O) groups excluding carboxylic acids is 1. The number of piperidine rings is 1. The number of aromatic nitrogens is 2. The maximum atomic E-state index is 12.6. The van der Waals surface area contributed by atoms with Crippen molar-refractivity contribution in [3.63, 3.8) is 0 Å². The van der Waals surface area contributed by atoms with Crippen LogP contribution >= 0.6 is 11.3 Å². The van der Waals surface area contributed by atoms with Crippen LogP contribution < -0.4 is 4.90 Å². The van der Waals surface area contributed by atoms with Gasteiger partial charge in [0.2, 0.25) is 0 Å². The van der Waals surface area contributed by atoms with Gasteiger partial charge in [0.1, 0.15) is 5.69 Å². The van der Waals surface area contributed by atoms with Gasteiger partial charge in [0.15, 0.2) is 0 Å². The molecule has 3 aromatic heterocycles. The van der Waals surface area contributed by atoms with E-state index in [1.165, 1.54) is 18.5 Å². The second-order valence-corrected chi connectivity index (χ2v) is 7.98. The molecule has 3 aromatic rings. The number of nitrogens with one attached hydrogen (secondary N) is 1. The highest BCUT2D eigenvalue weighted by atomic mass is 32.1. The highest BCUT2D eigenvalue weighted by Gasteiger charge is 2.21. The summed E-state index contributed by atoms with van der Waals surface area (Å²) in [7, 11) is 1.91. The first-order valence-electron chi connectivity index (χ1n) is 9.17. The Hall–Kier alpha value is -2.34. The summed E-state index contributed by atoms with van der Waals surface area (Å²) in [5, 5.41) is 2.04. The molecule has 0 atom stereocenters. The Morgan fingerprint density at radius 1 is 1.31 bits per heavy atom. The van der Waals surface area contributed by atoms with E-state index in [-0.39, 0.29) is 5.91 Å². The van der Waals surface area contributed by atoms with Gasteiger partial charge in [-0.25, -0.2) is 0 Å². The summed E-state index contributed by atoms with van der Waals surface area (Å²) in [5.41, 5.74) is 3.01. The molecule has 6 heteroatoms. The SMILES string of the molecule is CN(CCC1CCN(c2ccncc2)CC1)C(=O)c1cc2sccc2[nH]1. The fourth-order valence-electron chi connectivity index (χ4n) is 3.68. The van der Waals surface area contributed by atoms with E-state index in [2.05, 4.69) is 27.0 Å². The van der Waals surface area contributed by atoms with Crippen molar-refractivity contribution in [3.8, 4) is 0 Å². The second kappa shape index (κ2) is 7.50. The quantitative estimate of drug-likeness (QED) is 0.740. The molecule has 26 heavy (non-hydrogen) atoms. The molecule has 1 aliphatic heterocycles. The van der Waals surface area contributed by atoms with Gasteiger partial charge < -0.3 is 14.8 Å². The number of aromatic amines is 1. The number of thiophene rings is 1. The van der Waals surface area contributed by atoms with E-state index in [9.17, 15) is 4.79 Å². The molecule has 1 aliphatic rings. The largest absolute Gasteiger partial charge is 0.371 e. The Morgan fingerprint density at radius 3 is 2.81 bits per heavy atom. The number of anilines is 1. The van der Waals surface area contributed by atoms with Gasteiger partial charge in [-0.1, -0.05) is 0 Å². The lowest BCUT2D eigenvalue weighted by atomic mass is 9.93. The zero-order valence-corrected chi connectivity index (χ0v) is 15.8. The zero-order chi connectivity index (χ0) is 17.9. The van der Waals surface area contributed by atoms with Crippen molar-refractivity contribution < 1.29 is 4.79 Å². The first-order valence-corrected chi connectivity index (χ1v) is 10.1. The lowest BCUT2D eigenvalue weighted by Gasteiger charge is -2.34. The summed E-state index contributed by atoms with van der Waals surface area (Å²) in [6.45, 7) is 2.98. The van der Waals surface area contributed by atoms with Gasteiger partial charge in [0, 0.05) is 44.8 Å². The van der Waals surface area contributed by atoms with Crippen LogP contribution in [0.15, 0.2) is 42.0 Å². The number of hydrogen-bond donors (Lipinski definition) is 1. The van der Waals surface area contributed by atoms with E-state index >= 15 is 0 Å². The molecule has 0 unspecified atom stereocenters. The van der Waals surface area contributed by atoms with Crippen LogP contribution in [-0.4, -0.2) is 47.5 Å². The number of fused-ring (bicyclic) bond motifs is 1. The standard InChI is InChI=1S/C20H24N4OS/c1-23(20(25)18-14-19-17(22-18)7-13-26-19)10-4-15-5-11-24(12-6-15)16-2-8-21-9-3-16/h2-3,7-9,13-15,22H,4-6,10-12H2,1H3. The summed E-state index contributed by atoms with van der Waals surface area (Å²) in [6.07, 6.45) is 7.15. The van der Waals surface area contributed by atoms with Gasteiger partial charge in [-0.15, -0.1) is 11.3 Å². The number of amides is 1. The molecule has 1 amide bonds. The lowest BCUT2D eigenvalue weighted by Crippen LogP contribution is -2.35. The highest BCUT2D eigenvalue weighted by molar-refractivity contribution is 7.17. The third kappa shape index (κ3) is 3.60. The fraction of sp³-hybridized carbons (Fsp3) is 0.400. The minimum atomic E-state index is 0.0858. The van der Waals surface area contributed by atoms with E-state index in [1.807, 2.05) is 41.9 Å². The number of carbonyl (C=O) groups is 1. The summed E-state index contributed by atoms with van der Waals surface area (Å²) >= 11 is 1.66. The van der Waals surface area contributed by atoms with Crippen LogP contribution in [0.25, 0.3) is 10.2 Å². The topological polar surface area (TPSA) is 52.2 Å². The van der Waals surface area contributed by atoms with E-state index in [0.29, 0.717) is 11.6 Å². The van der Waals surface area contributed by atoms with Crippen LogP contribution in [0.3, 0.4) is 0 Å². The monoisotopic (exact) mass is 368 g/mol. The summed E-state index contributed by atoms with van der Waals surface area (Å²) in [5.74, 6) is 0.776. The molecule has 5 nitrogen and oxygen atoms in total. The third-order valence-electron chi connectivity index (χ3n) is 5.33. The molecule has 0 radical (unpaired) electrons. The molecular formula is C20H24N4OS. The molecule has 0 aliphatic carbocycles. The predicted octanol–water partition coefficient (Wildman–Crippen LogP) is 4.00. The summed E-state index contributed by atoms with van der Waals surface area (Å²) < 4.78 is 1.14. The second-order valence-electron chi connectivity index (χ2n) is 7.03. The van der Waals surface area contributed by atoms with Crippen LogP contribution in [-0.2, 0) is 0 Å². The Balaban J connectivity index is 1.26. The van der Waals surface area contributed by atoms with Gasteiger partial charge in [0.25, 0.3) is 5.91 Å². The molecule has 136 valence electrons. The maximum Gasteiger partial charge on any atom is 0.270 e. The van der Waals surface area contributed by atoms with Crippen molar-refractivity contribution in [1.82, 2.24) is 14.9 Å². The Labute approximate surface area is 157 Å². The summed E-state index contributed by atoms with van der Waals surface area (Å²) in [4.78, 5) is 24.2. The normalized spacial score (nSPS) is 15.5. The Kier molecular flexibility index (Phi) is 4.93. The molecule has 0 bridgehead atoms. The van der Waals surface area contributed by atoms with Gasteiger partial charge in [0.05, 0.1) is 10.2 Å². The molecule has 4 rings (SSSR count). The molecule has 1 saturated heterocycles. The van der Waals surface area contributed by atoms with E-state index in [1.54, 1.807) is 11.3 Å². The van der Waals surface area contributed by atoms with Gasteiger partial charge in [-0.05, 0) is 54.8 Å². The third-order valence-corrected chi connectivity index (χ3v) is 6.20. The van der Waals surface area contributed by atoms with Gasteiger partial charge in [-0.3, -0.25) is 9.78 Å². The van der Waals surface area contributed by atoms with Crippen molar-refractivity contribution in [2.75, 3.05) is 31.6 Å². The van der Waals surface area contributed by atoms with Crippen LogP contribution in [0.4, 0.5) is 5.69 Å². The number of hydrogen-bond acceptors (Lipinski definition) is 4. The first-order chi connectivity index (χ1) is 12.7. The van der Waals surface area contributed by atoms with Crippen molar-refractivity contribution in [2.45, 2.75) is 19.3 Å². The Morgan fingerprint density at radius 2 is 2.08 bits per heavy atom. The first kappa shape index (κ1) is 17.1. The average molecular weight is 369 g/mol. The fourth-order valence-corrected chi connectivity index (χ4v) is 4.46. The smallest absolute Gasteiger partial charge is 0.270 e. The minimum Gasteiger partial charge on any atom is -0.371 e. The molecule has 0 aromatic carbocycles. The van der Waals surface area contributed by atoms with E-state index in [0.717, 1.165) is 36.3 Å². The van der Waals surface area contributed by atoms with Crippen LogP contribution in [0.1, 0.15) is 29.8 Å². The minimum absolute atomic E-state index is 0.0858. The van der Waals surface area contributed by atoms with Crippen molar-refractivity contribution in [1.29, 1.82) is 0 Å². The molecular weight excluding hydrogens is 344 g/mol. The lowest BCUT2D eigenvalue weighted by molar-refractivity contribution is 0.0780. The van der Waals surface area contributed by atoms with Crippen LogP contribution in [0.5, 0.6) is 0 Å². The van der Waals surface area contributed by atoms with Gasteiger partial charge >= 0.3 is 0 Å². The molecule has 1 N–H and O–H groups in total. The molecule has 0 spiro atoms. The highest BCUT2D eigenvalue weighted by Crippen LogP contribution is 2.25. The summed E-state index contributed by atoms with van der Waals surface area (Å²) in [6, 6.07) is 8.14. The number of nitrogens with zero attached hydrogens (tertiary/aromatic N) is 3. The van der Waals surface area contributed by atoms with Crippen molar-refractivity contribution >= 4 is 33.1 Å².